The molecule has 0 aliphatic rings. The van der Waals surface area contributed by atoms with E-state index in [9.17, 15) is 18.0 Å². The third-order valence-corrected chi connectivity index (χ3v) is 1.52. The van der Waals surface area contributed by atoms with Crippen LogP contribution in [0, 0.1) is 0 Å². The normalized spacial score (nSPS) is 14.0. The minimum atomic E-state index is -4.71. The number of rotatable bonds is 2. The average molecular weight is 209 g/mol. The molecule has 0 saturated carbocycles. The van der Waals surface area contributed by atoms with Crippen LogP contribution in [0.5, 0.6) is 0 Å². The van der Waals surface area contributed by atoms with E-state index < -0.39 is 24.0 Å². The minimum Gasteiger partial charge on any atom is -0.480 e. The molecule has 0 amide bonds. The average Bonchev–Trinajstić information content (AvgIpc) is 2.48. The van der Waals surface area contributed by atoms with Gasteiger partial charge in [0.2, 0.25) is 0 Å². The van der Waals surface area contributed by atoms with Gasteiger partial charge in [-0.05, 0) is 0 Å². The molecule has 1 rings (SSSR count). The van der Waals surface area contributed by atoms with Crippen molar-refractivity contribution in [2.45, 2.75) is 12.3 Å². The summed E-state index contributed by atoms with van der Waals surface area (Å²) in [5, 5.41) is 8.41. The molecule has 1 aromatic rings. The molecule has 1 aromatic heterocycles. The van der Waals surface area contributed by atoms with Crippen LogP contribution in [0.3, 0.4) is 0 Å². The number of halogens is 3. The van der Waals surface area contributed by atoms with Crippen molar-refractivity contribution in [3.63, 3.8) is 0 Å². The van der Waals surface area contributed by atoms with E-state index in [1.807, 2.05) is 0 Å². The van der Waals surface area contributed by atoms with Crippen molar-refractivity contribution in [3.05, 3.63) is 18.2 Å². The molecular weight excluding hydrogens is 203 g/mol. The Morgan fingerprint density at radius 1 is 1.64 bits per heavy atom. The summed E-state index contributed by atoms with van der Waals surface area (Å²) in [7, 11) is 0. The van der Waals surface area contributed by atoms with E-state index >= 15 is 0 Å². The third-order valence-electron chi connectivity index (χ3n) is 1.52. The number of hydrogen-bond acceptors (Lipinski definition) is 3. The Hall–Kier alpha value is -1.57. The molecule has 0 bridgehead atoms. The topological polar surface area (TPSA) is 81.1 Å². The molecule has 78 valence electrons. The van der Waals surface area contributed by atoms with Gasteiger partial charge in [-0.1, -0.05) is 0 Å². The number of carbonyl (C=O) groups is 1. The summed E-state index contributed by atoms with van der Waals surface area (Å²) in [6.07, 6.45) is -3.47. The third kappa shape index (κ3) is 1.84. The fourth-order valence-corrected chi connectivity index (χ4v) is 0.874. The first-order valence-electron chi connectivity index (χ1n) is 3.42. The second-order valence-corrected chi connectivity index (χ2v) is 2.47. The Balaban J connectivity index is 3.11. The molecule has 1 atom stereocenters. The van der Waals surface area contributed by atoms with Crippen molar-refractivity contribution in [3.8, 4) is 0 Å². The number of nitrogens with zero attached hydrogens (tertiary/aromatic N) is 2. The Kier molecular flexibility index (Phi) is 2.47. The highest BCUT2D eigenvalue weighted by Gasteiger charge is 2.35. The molecule has 0 aromatic carbocycles. The molecule has 8 heteroatoms. The second kappa shape index (κ2) is 3.29. The van der Waals surface area contributed by atoms with E-state index in [0.717, 1.165) is 6.20 Å². The highest BCUT2D eigenvalue weighted by atomic mass is 19.4. The highest BCUT2D eigenvalue weighted by Crippen LogP contribution is 2.25. The van der Waals surface area contributed by atoms with Gasteiger partial charge in [0.15, 0.2) is 0 Å². The largest absolute Gasteiger partial charge is 0.489 e. The Labute approximate surface area is 76.0 Å². The van der Waals surface area contributed by atoms with Crippen molar-refractivity contribution in [2.24, 2.45) is 5.73 Å². The van der Waals surface area contributed by atoms with Crippen LogP contribution in [0.2, 0.25) is 0 Å². The lowest BCUT2D eigenvalue weighted by atomic mass is 10.2. The Morgan fingerprint density at radius 3 is 2.64 bits per heavy atom. The standard InChI is InChI=1S/C6H6F3N3O2/c7-6(8,9)12-2-11-1-3(12)4(10)5(13)14/h1-2,4H,10H2,(H,13,14). The van der Waals surface area contributed by atoms with E-state index in [-0.39, 0.29) is 4.57 Å². The van der Waals surface area contributed by atoms with Gasteiger partial charge in [0, 0.05) is 0 Å². The van der Waals surface area contributed by atoms with Gasteiger partial charge in [0.1, 0.15) is 12.4 Å². The van der Waals surface area contributed by atoms with Crippen LogP contribution >= 0.6 is 0 Å². The molecule has 1 unspecified atom stereocenters. The monoisotopic (exact) mass is 209 g/mol. The summed E-state index contributed by atoms with van der Waals surface area (Å²) in [6, 6.07) is -1.74. The van der Waals surface area contributed by atoms with Crippen molar-refractivity contribution in [1.82, 2.24) is 9.55 Å². The van der Waals surface area contributed by atoms with Gasteiger partial charge < -0.3 is 10.8 Å². The van der Waals surface area contributed by atoms with Gasteiger partial charge in [-0.3, -0.25) is 4.79 Å². The van der Waals surface area contributed by atoms with Crippen molar-refractivity contribution in [2.75, 3.05) is 0 Å². The lowest BCUT2D eigenvalue weighted by molar-refractivity contribution is -0.205. The van der Waals surface area contributed by atoms with E-state index in [2.05, 4.69) is 4.98 Å². The molecule has 0 aliphatic carbocycles. The van der Waals surface area contributed by atoms with Crippen molar-refractivity contribution < 1.29 is 23.1 Å². The summed E-state index contributed by atoms with van der Waals surface area (Å²) >= 11 is 0. The zero-order chi connectivity index (χ0) is 10.9. The zero-order valence-corrected chi connectivity index (χ0v) is 6.69. The lowest BCUT2D eigenvalue weighted by Gasteiger charge is -2.13. The number of carboxylic acid groups (broad SMARTS) is 1. The lowest BCUT2D eigenvalue weighted by Crippen LogP contribution is -2.28. The van der Waals surface area contributed by atoms with Crippen LogP contribution in [0.15, 0.2) is 12.5 Å². The van der Waals surface area contributed by atoms with Crippen molar-refractivity contribution >= 4 is 5.97 Å². The molecular formula is C6H6F3N3O2. The van der Waals surface area contributed by atoms with Gasteiger partial charge in [-0.25, -0.2) is 9.55 Å². The smallest absolute Gasteiger partial charge is 0.480 e. The van der Waals surface area contributed by atoms with E-state index in [1.54, 1.807) is 0 Å². The van der Waals surface area contributed by atoms with Crippen LogP contribution in [0.1, 0.15) is 11.7 Å². The van der Waals surface area contributed by atoms with Crippen LogP contribution in [-0.4, -0.2) is 20.6 Å². The molecule has 0 saturated heterocycles. The van der Waals surface area contributed by atoms with Gasteiger partial charge in [0.25, 0.3) is 0 Å². The molecule has 0 fully saturated rings. The minimum absolute atomic E-state index is 0.230. The number of hydrogen-bond donors (Lipinski definition) is 2. The Morgan fingerprint density at radius 2 is 2.21 bits per heavy atom. The van der Waals surface area contributed by atoms with Crippen molar-refractivity contribution in [1.29, 1.82) is 0 Å². The predicted octanol–water partition coefficient (Wildman–Crippen LogP) is 0.444. The number of nitrogens with two attached hydrogens (primary N) is 1. The predicted molar refractivity (Wildman–Crippen MR) is 38.1 cm³/mol. The first-order chi connectivity index (χ1) is 6.34. The van der Waals surface area contributed by atoms with E-state index in [1.165, 1.54) is 0 Å². The summed E-state index contributed by atoms with van der Waals surface area (Å²) in [6.45, 7) is 0. The number of aliphatic carboxylic acids is 1. The highest BCUT2D eigenvalue weighted by molar-refractivity contribution is 5.74. The second-order valence-electron chi connectivity index (χ2n) is 2.47. The van der Waals surface area contributed by atoms with Crippen LogP contribution in [0.4, 0.5) is 13.2 Å². The molecule has 0 aliphatic heterocycles. The number of aromatic nitrogens is 2. The summed E-state index contributed by atoms with van der Waals surface area (Å²) in [5.41, 5.74) is 4.41. The molecule has 3 N–H and O–H groups in total. The maximum absolute atomic E-state index is 12.2. The first-order valence-corrected chi connectivity index (χ1v) is 3.42. The van der Waals surface area contributed by atoms with Crippen LogP contribution in [-0.2, 0) is 11.1 Å². The summed E-state index contributed by atoms with van der Waals surface area (Å²) < 4.78 is 36.3. The quantitative estimate of drug-likeness (QED) is 0.740. The van der Waals surface area contributed by atoms with Gasteiger partial charge in [0.05, 0.1) is 11.9 Å². The van der Waals surface area contributed by atoms with Gasteiger partial charge in [-0.2, -0.15) is 0 Å². The SMILES string of the molecule is NC(C(=O)O)c1cncn1C(F)(F)F. The summed E-state index contributed by atoms with van der Waals surface area (Å²) in [4.78, 5) is 13.5. The Bertz CT molecular complexity index is 346. The fourth-order valence-electron chi connectivity index (χ4n) is 0.874. The van der Waals surface area contributed by atoms with Crippen LogP contribution < -0.4 is 5.73 Å². The molecule has 0 spiro atoms. The molecule has 0 radical (unpaired) electrons. The fraction of sp³-hybridized carbons (Fsp3) is 0.333. The first kappa shape index (κ1) is 10.5. The van der Waals surface area contributed by atoms with E-state index in [0.29, 0.717) is 6.33 Å². The maximum atomic E-state index is 12.2. The summed E-state index contributed by atoms with van der Waals surface area (Å²) in [5.74, 6) is -1.55. The number of imidazole rings is 1. The molecule has 5 nitrogen and oxygen atoms in total. The van der Waals surface area contributed by atoms with Gasteiger partial charge >= 0.3 is 12.3 Å². The van der Waals surface area contributed by atoms with E-state index in [4.69, 9.17) is 10.8 Å². The zero-order valence-electron chi connectivity index (χ0n) is 6.69. The number of alkyl halides is 3. The maximum Gasteiger partial charge on any atom is 0.489 e. The molecule has 14 heavy (non-hydrogen) atoms. The van der Waals surface area contributed by atoms with Crippen LogP contribution in [0.25, 0.3) is 0 Å². The molecule has 1 heterocycles. The van der Waals surface area contributed by atoms with Gasteiger partial charge in [-0.15, -0.1) is 13.2 Å². The number of carboxylic acids is 1.